The third kappa shape index (κ3) is 3.99. The van der Waals surface area contributed by atoms with E-state index < -0.39 is 0 Å². The van der Waals surface area contributed by atoms with Crippen LogP contribution in [0.3, 0.4) is 0 Å². The van der Waals surface area contributed by atoms with Gasteiger partial charge in [0.05, 0.1) is 24.0 Å². The van der Waals surface area contributed by atoms with Gasteiger partial charge in [0.25, 0.3) is 0 Å². The van der Waals surface area contributed by atoms with Crippen LogP contribution in [-0.2, 0) is 0 Å². The first-order chi connectivity index (χ1) is 14.1. The van der Waals surface area contributed by atoms with Gasteiger partial charge in [0, 0.05) is 36.6 Å². The third-order valence-electron chi connectivity index (χ3n) is 4.95. The van der Waals surface area contributed by atoms with Gasteiger partial charge in [-0.15, -0.1) is 0 Å². The van der Waals surface area contributed by atoms with Crippen molar-refractivity contribution in [3.63, 3.8) is 0 Å². The van der Waals surface area contributed by atoms with Crippen LogP contribution in [0.1, 0.15) is 30.1 Å². The van der Waals surface area contributed by atoms with E-state index in [0.717, 1.165) is 30.0 Å². The van der Waals surface area contributed by atoms with Crippen molar-refractivity contribution in [1.29, 1.82) is 0 Å². The molecular weight excluding hydrogens is 390 g/mol. The van der Waals surface area contributed by atoms with Gasteiger partial charge in [0.1, 0.15) is 17.3 Å². The Morgan fingerprint density at radius 2 is 2.17 bits per heavy atom. The van der Waals surface area contributed by atoms with Crippen molar-refractivity contribution in [3.05, 3.63) is 46.9 Å². The summed E-state index contributed by atoms with van der Waals surface area (Å²) in [4.78, 5) is 8.87. The highest BCUT2D eigenvalue weighted by Gasteiger charge is 2.21. The summed E-state index contributed by atoms with van der Waals surface area (Å²) in [6.07, 6.45) is 6.15. The van der Waals surface area contributed by atoms with Gasteiger partial charge in [-0.25, -0.2) is 9.67 Å². The summed E-state index contributed by atoms with van der Waals surface area (Å²) in [5.41, 5.74) is 3.33. The molecule has 1 fully saturated rings. The maximum atomic E-state index is 6.77. The van der Waals surface area contributed by atoms with Crippen LogP contribution in [0.4, 0.5) is 17.5 Å². The number of hydrogen-bond acceptors (Lipinski definition) is 7. The van der Waals surface area contributed by atoms with E-state index in [-0.39, 0.29) is 0 Å². The third-order valence-corrected chi connectivity index (χ3v) is 5.33. The first kappa shape index (κ1) is 19.5. The first-order valence-corrected chi connectivity index (χ1v) is 9.92. The fraction of sp³-hybridized carbons (Fsp3) is 0.350. The minimum absolute atomic E-state index is 0.329. The summed E-state index contributed by atoms with van der Waals surface area (Å²) >= 11 is 6.77. The average Bonchev–Trinajstić information content (AvgIpc) is 3.40. The number of nitrogens with one attached hydrogen (secondary N) is 3. The number of aromatic nitrogens is 4. The Balaban J connectivity index is 1.70. The normalized spacial score (nSPS) is 16.1. The lowest BCUT2D eigenvalue weighted by Gasteiger charge is -2.15. The van der Waals surface area contributed by atoms with Crippen LogP contribution < -0.4 is 20.7 Å². The van der Waals surface area contributed by atoms with Gasteiger partial charge >= 0.3 is 0 Å². The van der Waals surface area contributed by atoms with Crippen molar-refractivity contribution in [2.24, 2.45) is 0 Å². The minimum Gasteiger partial charge on any atom is -0.494 e. The van der Waals surface area contributed by atoms with E-state index >= 15 is 0 Å². The molecule has 3 heterocycles. The number of nitrogens with zero attached hydrogens (tertiary/aromatic N) is 4. The van der Waals surface area contributed by atoms with Crippen molar-refractivity contribution in [3.8, 4) is 11.4 Å². The van der Waals surface area contributed by atoms with E-state index in [1.807, 2.05) is 44.6 Å². The maximum Gasteiger partial charge on any atom is 0.229 e. The van der Waals surface area contributed by atoms with Crippen LogP contribution in [0.2, 0.25) is 5.02 Å². The summed E-state index contributed by atoms with van der Waals surface area (Å²) in [5, 5.41) is 14.7. The second-order valence-electron chi connectivity index (χ2n) is 6.94. The van der Waals surface area contributed by atoms with Crippen molar-refractivity contribution < 1.29 is 4.74 Å². The van der Waals surface area contributed by atoms with Gasteiger partial charge in [-0.05, 0) is 38.4 Å². The summed E-state index contributed by atoms with van der Waals surface area (Å²) in [7, 11) is 3.44. The molecule has 0 unspecified atom stereocenters. The molecule has 0 bridgehead atoms. The van der Waals surface area contributed by atoms with E-state index in [1.54, 1.807) is 11.8 Å². The molecule has 9 heteroatoms. The molecule has 8 nitrogen and oxygen atoms in total. The molecule has 0 amide bonds. The lowest BCUT2D eigenvalue weighted by molar-refractivity contribution is 0.412. The molecule has 1 aliphatic heterocycles. The number of hydrogen-bond donors (Lipinski definition) is 3. The zero-order valence-corrected chi connectivity index (χ0v) is 17.4. The fourth-order valence-corrected chi connectivity index (χ4v) is 3.79. The van der Waals surface area contributed by atoms with Crippen LogP contribution in [0.5, 0.6) is 5.75 Å². The van der Waals surface area contributed by atoms with E-state index in [9.17, 15) is 0 Å². The number of methoxy groups -OCH3 is 1. The summed E-state index contributed by atoms with van der Waals surface area (Å²) < 4.78 is 7.31. The molecule has 2 aromatic heterocycles. The first-order valence-electron chi connectivity index (χ1n) is 9.54. The Kier molecular flexibility index (Phi) is 5.55. The van der Waals surface area contributed by atoms with Gasteiger partial charge in [-0.3, -0.25) is 0 Å². The van der Waals surface area contributed by atoms with Gasteiger partial charge in [0.2, 0.25) is 5.95 Å². The minimum atomic E-state index is 0.329. The Morgan fingerprint density at radius 3 is 2.90 bits per heavy atom. The monoisotopic (exact) mass is 413 g/mol. The Labute approximate surface area is 174 Å². The van der Waals surface area contributed by atoms with Crippen molar-refractivity contribution in [2.75, 3.05) is 31.3 Å². The lowest BCUT2D eigenvalue weighted by Crippen LogP contribution is -2.12. The Hall–Kier alpha value is -2.84. The van der Waals surface area contributed by atoms with E-state index in [1.165, 1.54) is 6.42 Å². The largest absolute Gasteiger partial charge is 0.494 e. The lowest BCUT2D eigenvalue weighted by atomic mass is 10.1. The van der Waals surface area contributed by atoms with Gasteiger partial charge < -0.3 is 20.7 Å². The van der Waals surface area contributed by atoms with Crippen molar-refractivity contribution in [2.45, 2.75) is 25.8 Å². The predicted molar refractivity (Wildman–Crippen MR) is 115 cm³/mol. The van der Waals surface area contributed by atoms with Crippen molar-refractivity contribution in [1.82, 2.24) is 25.1 Å². The van der Waals surface area contributed by atoms with E-state index in [2.05, 4.69) is 31.0 Å². The standard InChI is InChI=1S/C20H24ClN7O/c1-12-9-17(22-2)27-20(25-12)26-15-6-7-16(29-3)19(18(15)21)28-11-13(10-24-28)14-5-4-8-23-14/h6-7,9-11,14,23H,4-5,8H2,1-3H3,(H2,22,25,26,27)/t14-/m1/s1. The smallest absolute Gasteiger partial charge is 0.229 e. The molecule has 3 N–H and O–H groups in total. The molecule has 152 valence electrons. The molecular formula is C20H24ClN7O. The maximum absolute atomic E-state index is 6.77. The molecule has 0 radical (unpaired) electrons. The van der Waals surface area contributed by atoms with Crippen LogP contribution in [0.15, 0.2) is 30.6 Å². The van der Waals surface area contributed by atoms with Gasteiger partial charge in [-0.2, -0.15) is 10.1 Å². The molecule has 1 aliphatic rings. The summed E-state index contributed by atoms with van der Waals surface area (Å²) in [6, 6.07) is 5.90. The summed E-state index contributed by atoms with van der Waals surface area (Å²) in [6.45, 7) is 2.95. The molecule has 0 saturated carbocycles. The number of ether oxygens (including phenoxy) is 1. The van der Waals surface area contributed by atoms with E-state index in [0.29, 0.717) is 34.1 Å². The average molecular weight is 414 g/mol. The second kappa shape index (κ2) is 8.26. The molecule has 4 rings (SSSR count). The number of anilines is 3. The number of aryl methyl sites for hydroxylation is 1. The Bertz CT molecular complexity index is 1010. The molecule has 29 heavy (non-hydrogen) atoms. The molecule has 1 saturated heterocycles. The summed E-state index contributed by atoms with van der Waals surface area (Å²) in [5.74, 6) is 1.82. The number of benzene rings is 1. The van der Waals surface area contributed by atoms with Crippen molar-refractivity contribution >= 4 is 29.1 Å². The highest BCUT2D eigenvalue weighted by atomic mass is 35.5. The number of halogens is 1. The molecule has 3 aromatic rings. The highest BCUT2D eigenvalue weighted by molar-refractivity contribution is 6.35. The van der Waals surface area contributed by atoms with Crippen LogP contribution in [0.25, 0.3) is 5.69 Å². The molecule has 1 atom stereocenters. The second-order valence-corrected chi connectivity index (χ2v) is 7.32. The molecule has 0 aliphatic carbocycles. The van der Waals surface area contributed by atoms with Crippen LogP contribution >= 0.6 is 11.6 Å². The molecule has 1 aromatic carbocycles. The van der Waals surface area contributed by atoms with Gasteiger partial charge in [0.15, 0.2) is 0 Å². The van der Waals surface area contributed by atoms with E-state index in [4.69, 9.17) is 16.3 Å². The van der Waals surface area contributed by atoms with Gasteiger partial charge in [-0.1, -0.05) is 11.6 Å². The van der Waals surface area contributed by atoms with Crippen LogP contribution in [0, 0.1) is 6.92 Å². The quantitative estimate of drug-likeness (QED) is 0.565. The number of rotatable bonds is 6. The topological polar surface area (TPSA) is 88.9 Å². The zero-order chi connectivity index (χ0) is 20.4. The fourth-order valence-electron chi connectivity index (χ4n) is 3.50. The Morgan fingerprint density at radius 1 is 1.31 bits per heavy atom. The highest BCUT2D eigenvalue weighted by Crippen LogP contribution is 2.37. The van der Waals surface area contributed by atoms with Crippen LogP contribution in [-0.4, -0.2) is 40.5 Å². The SMILES string of the molecule is CNc1cc(C)nc(Nc2ccc(OC)c(-n3cc([C@H]4CCCN4)cn3)c2Cl)n1. The zero-order valence-electron chi connectivity index (χ0n) is 16.7. The predicted octanol–water partition coefficient (Wildman–Crippen LogP) is 3.84. The molecule has 0 spiro atoms.